The highest BCUT2D eigenvalue weighted by Crippen LogP contribution is 2.24. The van der Waals surface area contributed by atoms with Gasteiger partial charge in [-0.15, -0.1) is 0 Å². The zero-order valence-electron chi connectivity index (χ0n) is 17.1. The Morgan fingerprint density at radius 1 is 1.23 bits per heavy atom. The van der Waals surface area contributed by atoms with E-state index in [1.54, 1.807) is 36.2 Å². The number of halogens is 3. The van der Waals surface area contributed by atoms with Gasteiger partial charge in [-0.3, -0.25) is 9.69 Å². The van der Waals surface area contributed by atoms with Gasteiger partial charge in [0.25, 0.3) is 5.91 Å². The monoisotopic (exact) mass is 453 g/mol. The van der Waals surface area contributed by atoms with Crippen LogP contribution in [0.15, 0.2) is 27.4 Å². The fraction of sp³-hybridized carbons (Fsp3) is 0.450. The van der Waals surface area contributed by atoms with Gasteiger partial charge in [-0.05, 0) is 31.4 Å². The van der Waals surface area contributed by atoms with Gasteiger partial charge in [0.2, 0.25) is 11.7 Å². The number of aryl methyl sites for hydroxylation is 1. The summed E-state index contributed by atoms with van der Waals surface area (Å²) in [5.41, 5.74) is 2.01. The molecule has 1 aliphatic rings. The molecule has 4 heterocycles. The van der Waals surface area contributed by atoms with Crippen molar-refractivity contribution >= 4 is 17.2 Å². The molecule has 0 spiro atoms. The van der Waals surface area contributed by atoms with Crippen LogP contribution in [0.1, 0.15) is 27.6 Å². The number of hydrogen-bond donors (Lipinski definition) is 0. The Hall–Kier alpha value is -2.66. The summed E-state index contributed by atoms with van der Waals surface area (Å²) in [6.07, 6.45) is -4.33. The third kappa shape index (κ3) is 4.82. The molecule has 0 N–H and O–H groups in total. The number of amides is 1. The van der Waals surface area contributed by atoms with E-state index in [9.17, 15) is 18.0 Å². The van der Waals surface area contributed by atoms with Crippen molar-refractivity contribution in [2.75, 3.05) is 26.2 Å². The lowest BCUT2D eigenvalue weighted by Gasteiger charge is -2.34. The predicted octanol–water partition coefficient (Wildman–Crippen LogP) is 3.74. The van der Waals surface area contributed by atoms with Gasteiger partial charge in [0.1, 0.15) is 6.54 Å². The lowest BCUT2D eigenvalue weighted by molar-refractivity contribution is -0.141. The Morgan fingerprint density at radius 3 is 2.61 bits per heavy atom. The molecule has 0 atom stereocenters. The van der Waals surface area contributed by atoms with Crippen LogP contribution >= 0.6 is 11.3 Å². The van der Waals surface area contributed by atoms with Crippen LogP contribution in [0.4, 0.5) is 13.2 Å². The minimum Gasteiger partial charge on any atom is -0.339 e. The fourth-order valence-electron chi connectivity index (χ4n) is 3.74. The van der Waals surface area contributed by atoms with Gasteiger partial charge in [0, 0.05) is 48.5 Å². The van der Waals surface area contributed by atoms with Crippen molar-refractivity contribution in [1.29, 1.82) is 0 Å². The Bertz CT molecular complexity index is 1050. The molecule has 3 aromatic heterocycles. The molecule has 0 aromatic carbocycles. The Kier molecular flexibility index (Phi) is 5.89. The fourth-order valence-corrected chi connectivity index (χ4v) is 4.37. The number of alkyl halides is 3. The van der Waals surface area contributed by atoms with E-state index in [2.05, 4.69) is 15.0 Å². The average molecular weight is 453 g/mol. The third-order valence-electron chi connectivity index (χ3n) is 5.41. The molecule has 3 aromatic rings. The van der Waals surface area contributed by atoms with Gasteiger partial charge in [-0.1, -0.05) is 5.16 Å². The van der Waals surface area contributed by atoms with Crippen molar-refractivity contribution in [3.8, 4) is 11.4 Å². The van der Waals surface area contributed by atoms with E-state index >= 15 is 0 Å². The largest absolute Gasteiger partial charge is 0.406 e. The quantitative estimate of drug-likeness (QED) is 0.589. The number of carbonyl (C=O) groups is 1. The summed E-state index contributed by atoms with van der Waals surface area (Å²) in [6.45, 7) is 4.72. The van der Waals surface area contributed by atoms with Gasteiger partial charge in [-0.25, -0.2) is 0 Å². The van der Waals surface area contributed by atoms with Crippen LogP contribution in [0.2, 0.25) is 0 Å². The van der Waals surface area contributed by atoms with Crippen molar-refractivity contribution in [1.82, 2.24) is 24.5 Å². The number of hydrogen-bond acceptors (Lipinski definition) is 6. The molecule has 0 aliphatic carbocycles. The van der Waals surface area contributed by atoms with E-state index < -0.39 is 12.7 Å². The highest BCUT2D eigenvalue weighted by molar-refractivity contribution is 7.08. The topological polar surface area (TPSA) is 67.4 Å². The molecular formula is C20H22F3N5O2S. The Morgan fingerprint density at radius 2 is 1.97 bits per heavy atom. The van der Waals surface area contributed by atoms with Crippen LogP contribution in [0, 0.1) is 13.8 Å². The number of nitrogens with zero attached hydrogens (tertiary/aromatic N) is 5. The minimum absolute atomic E-state index is 0.237. The molecule has 1 fully saturated rings. The lowest BCUT2D eigenvalue weighted by atomic mass is 10.2. The van der Waals surface area contributed by atoms with Gasteiger partial charge in [0.15, 0.2) is 0 Å². The third-order valence-corrected chi connectivity index (χ3v) is 6.09. The summed E-state index contributed by atoms with van der Waals surface area (Å²) in [4.78, 5) is 21.1. The first-order chi connectivity index (χ1) is 14.7. The second-order valence-electron chi connectivity index (χ2n) is 7.58. The van der Waals surface area contributed by atoms with E-state index in [-0.39, 0.29) is 5.91 Å². The standard InChI is InChI=1S/C20H22F3N5O2S/c1-13-9-16(14(2)28(13)12-20(21,22)23)19(29)27-6-4-26(5-7-27)10-17-24-18(25-30-17)15-3-8-31-11-15/h3,8-9,11H,4-7,10,12H2,1-2H3. The van der Waals surface area contributed by atoms with Gasteiger partial charge in [-0.2, -0.15) is 29.5 Å². The number of piperazine rings is 1. The summed E-state index contributed by atoms with van der Waals surface area (Å²) in [5.74, 6) is 0.828. The molecule has 0 radical (unpaired) electrons. The minimum atomic E-state index is -4.33. The summed E-state index contributed by atoms with van der Waals surface area (Å²) in [7, 11) is 0. The molecule has 0 unspecified atom stereocenters. The highest BCUT2D eigenvalue weighted by Gasteiger charge is 2.31. The molecule has 31 heavy (non-hydrogen) atoms. The lowest BCUT2D eigenvalue weighted by Crippen LogP contribution is -2.48. The van der Waals surface area contributed by atoms with E-state index in [0.717, 1.165) is 10.1 Å². The second-order valence-corrected chi connectivity index (χ2v) is 8.36. The van der Waals surface area contributed by atoms with Gasteiger partial charge in [0.05, 0.1) is 12.1 Å². The van der Waals surface area contributed by atoms with Crippen molar-refractivity contribution in [3.63, 3.8) is 0 Å². The van der Waals surface area contributed by atoms with Crippen LogP contribution in [0.3, 0.4) is 0 Å². The SMILES string of the molecule is Cc1cc(C(=O)N2CCN(Cc3nc(-c4ccsc4)no3)CC2)c(C)n1CC(F)(F)F. The molecule has 7 nitrogen and oxygen atoms in total. The highest BCUT2D eigenvalue weighted by atomic mass is 32.1. The van der Waals surface area contributed by atoms with E-state index in [4.69, 9.17) is 4.52 Å². The smallest absolute Gasteiger partial charge is 0.339 e. The number of rotatable bonds is 5. The molecule has 1 saturated heterocycles. The first kappa shape index (κ1) is 21.6. The normalized spacial score (nSPS) is 15.6. The zero-order valence-corrected chi connectivity index (χ0v) is 18.0. The van der Waals surface area contributed by atoms with Crippen LogP contribution < -0.4 is 0 Å². The van der Waals surface area contributed by atoms with Crippen LogP contribution in [0.25, 0.3) is 11.4 Å². The van der Waals surface area contributed by atoms with Crippen LogP contribution in [-0.4, -0.2) is 62.8 Å². The first-order valence-electron chi connectivity index (χ1n) is 9.81. The zero-order chi connectivity index (χ0) is 22.2. The molecular weight excluding hydrogens is 431 g/mol. The van der Waals surface area contributed by atoms with Gasteiger partial charge >= 0.3 is 6.18 Å². The predicted molar refractivity (Wildman–Crippen MR) is 109 cm³/mol. The van der Waals surface area contributed by atoms with Gasteiger partial charge < -0.3 is 14.0 Å². The van der Waals surface area contributed by atoms with Crippen molar-refractivity contribution in [3.05, 3.63) is 45.7 Å². The summed E-state index contributed by atoms with van der Waals surface area (Å²) in [5, 5.41) is 7.90. The summed E-state index contributed by atoms with van der Waals surface area (Å²) >= 11 is 1.56. The van der Waals surface area contributed by atoms with E-state index in [1.165, 1.54) is 0 Å². The Balaban J connectivity index is 1.36. The maximum atomic E-state index is 12.9. The summed E-state index contributed by atoms with van der Waals surface area (Å²) < 4.78 is 45.0. The Labute approximate surface area is 181 Å². The second kappa shape index (κ2) is 8.46. The number of aromatic nitrogens is 3. The molecule has 166 valence electrons. The molecule has 4 rings (SSSR count). The number of thiophene rings is 1. The molecule has 1 amide bonds. The average Bonchev–Trinajstić information content (AvgIpc) is 3.45. The van der Waals surface area contributed by atoms with Crippen LogP contribution in [-0.2, 0) is 13.1 Å². The van der Waals surface area contributed by atoms with Crippen molar-refractivity contribution in [2.24, 2.45) is 0 Å². The first-order valence-corrected chi connectivity index (χ1v) is 10.8. The molecule has 0 bridgehead atoms. The number of carbonyl (C=O) groups excluding carboxylic acids is 1. The maximum absolute atomic E-state index is 12.9. The van der Waals surface area contributed by atoms with Crippen molar-refractivity contribution in [2.45, 2.75) is 33.1 Å². The molecule has 11 heteroatoms. The maximum Gasteiger partial charge on any atom is 0.406 e. The molecule has 1 aliphatic heterocycles. The van der Waals surface area contributed by atoms with E-state index in [0.29, 0.717) is 61.4 Å². The molecule has 0 saturated carbocycles. The van der Waals surface area contributed by atoms with E-state index in [1.807, 2.05) is 16.8 Å². The summed E-state index contributed by atoms with van der Waals surface area (Å²) in [6, 6.07) is 3.47. The van der Waals surface area contributed by atoms with Crippen molar-refractivity contribution < 1.29 is 22.5 Å². The van der Waals surface area contributed by atoms with Crippen LogP contribution in [0.5, 0.6) is 0 Å².